The number of amides is 1. The van der Waals surface area contributed by atoms with Crippen molar-refractivity contribution in [3.8, 4) is 5.75 Å². The fraction of sp³-hybridized carbons (Fsp3) is 0.455. The van der Waals surface area contributed by atoms with Crippen molar-refractivity contribution in [1.82, 2.24) is 24.5 Å². The van der Waals surface area contributed by atoms with Crippen molar-refractivity contribution in [1.29, 1.82) is 0 Å². The lowest BCUT2D eigenvalue weighted by atomic mass is 10.1. The quantitative estimate of drug-likeness (QED) is 0.565. The summed E-state index contributed by atoms with van der Waals surface area (Å²) < 4.78 is 7.00. The van der Waals surface area contributed by atoms with Gasteiger partial charge in [-0.2, -0.15) is 4.98 Å². The topological polar surface area (TPSA) is 75.9 Å². The molecule has 0 saturated carbocycles. The van der Waals surface area contributed by atoms with Gasteiger partial charge >= 0.3 is 0 Å². The van der Waals surface area contributed by atoms with Gasteiger partial charge in [0.15, 0.2) is 0 Å². The zero-order valence-corrected chi connectivity index (χ0v) is 19.3. The first kappa shape index (κ1) is 21.4. The summed E-state index contributed by atoms with van der Waals surface area (Å²) in [6, 6.07) is 8.10. The van der Waals surface area contributed by atoms with Gasteiger partial charge in [-0.3, -0.25) is 4.79 Å². The summed E-state index contributed by atoms with van der Waals surface area (Å²) in [7, 11) is 1.67. The molecule has 2 aromatic heterocycles. The number of hydrogen-bond acceptors (Lipinski definition) is 7. The van der Waals surface area contributed by atoms with Crippen molar-refractivity contribution in [2.45, 2.75) is 31.8 Å². The number of ether oxygens (including phenoxy) is 1. The van der Waals surface area contributed by atoms with E-state index in [1.54, 1.807) is 11.6 Å². The molecule has 1 aliphatic heterocycles. The highest BCUT2D eigenvalue weighted by molar-refractivity contribution is 7.98. The number of hydrogen-bond donors (Lipinski definition) is 0. The zero-order chi connectivity index (χ0) is 22.0. The van der Waals surface area contributed by atoms with Crippen LogP contribution in [0.25, 0.3) is 5.78 Å². The van der Waals surface area contributed by atoms with E-state index in [1.807, 2.05) is 37.1 Å². The van der Waals surface area contributed by atoms with Crippen molar-refractivity contribution in [3.63, 3.8) is 0 Å². The number of aryl methyl sites for hydroxylation is 2. The highest BCUT2D eigenvalue weighted by atomic mass is 32.2. The van der Waals surface area contributed by atoms with Gasteiger partial charge in [-0.05, 0) is 50.8 Å². The Bertz CT molecular complexity index is 1080. The molecule has 0 N–H and O–H groups in total. The molecule has 31 heavy (non-hydrogen) atoms. The number of carbonyl (C=O) groups excluding carboxylic acids is 1. The fourth-order valence-corrected chi connectivity index (χ4v) is 4.35. The van der Waals surface area contributed by atoms with Crippen molar-refractivity contribution in [2.75, 3.05) is 44.4 Å². The molecule has 9 heteroatoms. The first-order valence-electron chi connectivity index (χ1n) is 10.4. The summed E-state index contributed by atoms with van der Waals surface area (Å²) in [5.41, 5.74) is 3.87. The maximum atomic E-state index is 13.2. The lowest BCUT2D eigenvalue weighted by Gasteiger charge is -2.24. The fourth-order valence-electron chi connectivity index (χ4n) is 4.01. The summed E-state index contributed by atoms with van der Waals surface area (Å²) in [6.45, 7) is 7.14. The molecule has 0 radical (unpaired) electrons. The van der Waals surface area contributed by atoms with Crippen LogP contribution in [0.2, 0.25) is 0 Å². The van der Waals surface area contributed by atoms with Gasteiger partial charge in [-0.25, -0.2) is 9.50 Å². The number of aromatic nitrogens is 4. The molecule has 1 aromatic carbocycles. The SMILES string of the molecule is COc1ccc(N2CCCN(C(=O)Cc3c(C)nc4nc(SC)nn4c3C)CC2)cc1. The van der Waals surface area contributed by atoms with Gasteiger partial charge in [0.2, 0.25) is 11.1 Å². The summed E-state index contributed by atoms with van der Waals surface area (Å²) in [5.74, 6) is 1.57. The maximum absolute atomic E-state index is 13.2. The number of fused-ring (bicyclic) bond motifs is 1. The van der Waals surface area contributed by atoms with Gasteiger partial charge in [0.25, 0.3) is 5.78 Å². The Morgan fingerprint density at radius 2 is 1.87 bits per heavy atom. The van der Waals surface area contributed by atoms with E-state index in [0.717, 1.165) is 54.4 Å². The summed E-state index contributed by atoms with van der Waals surface area (Å²) in [5, 5.41) is 5.17. The van der Waals surface area contributed by atoms with Crippen molar-refractivity contribution in [2.24, 2.45) is 0 Å². The smallest absolute Gasteiger partial charge is 0.253 e. The maximum Gasteiger partial charge on any atom is 0.253 e. The Labute approximate surface area is 186 Å². The molecule has 0 aliphatic carbocycles. The predicted molar refractivity (Wildman–Crippen MR) is 122 cm³/mol. The van der Waals surface area contributed by atoms with E-state index in [-0.39, 0.29) is 5.91 Å². The molecule has 164 valence electrons. The Balaban J connectivity index is 1.46. The Morgan fingerprint density at radius 3 is 2.58 bits per heavy atom. The number of methoxy groups -OCH3 is 1. The molecule has 3 aromatic rings. The number of thioether (sulfide) groups is 1. The van der Waals surface area contributed by atoms with Crippen LogP contribution in [0.1, 0.15) is 23.4 Å². The van der Waals surface area contributed by atoms with E-state index < -0.39 is 0 Å². The van der Waals surface area contributed by atoms with E-state index in [2.05, 4.69) is 32.1 Å². The summed E-state index contributed by atoms with van der Waals surface area (Å²) in [4.78, 5) is 26.5. The molecule has 4 rings (SSSR count). The van der Waals surface area contributed by atoms with Gasteiger partial charge in [0.1, 0.15) is 5.75 Å². The normalized spacial score (nSPS) is 14.7. The van der Waals surface area contributed by atoms with Gasteiger partial charge in [-0.1, -0.05) is 11.8 Å². The average Bonchev–Trinajstić information content (AvgIpc) is 3.04. The van der Waals surface area contributed by atoms with E-state index in [4.69, 9.17) is 4.74 Å². The van der Waals surface area contributed by atoms with Crippen LogP contribution in [0.3, 0.4) is 0 Å². The molecular weight excluding hydrogens is 412 g/mol. The minimum Gasteiger partial charge on any atom is -0.497 e. The van der Waals surface area contributed by atoms with Gasteiger partial charge in [0.05, 0.1) is 13.5 Å². The van der Waals surface area contributed by atoms with E-state index in [1.165, 1.54) is 11.8 Å². The summed E-state index contributed by atoms with van der Waals surface area (Å²) in [6.07, 6.45) is 3.21. The minimum absolute atomic E-state index is 0.133. The lowest BCUT2D eigenvalue weighted by Crippen LogP contribution is -2.36. The van der Waals surface area contributed by atoms with Crippen LogP contribution in [0, 0.1) is 13.8 Å². The van der Waals surface area contributed by atoms with Crippen molar-refractivity contribution < 1.29 is 9.53 Å². The highest BCUT2D eigenvalue weighted by Crippen LogP contribution is 2.22. The molecular formula is C22H28N6O2S. The second kappa shape index (κ2) is 9.13. The van der Waals surface area contributed by atoms with Crippen LogP contribution >= 0.6 is 11.8 Å². The number of rotatable bonds is 5. The van der Waals surface area contributed by atoms with E-state index >= 15 is 0 Å². The van der Waals surface area contributed by atoms with Gasteiger partial charge in [-0.15, -0.1) is 5.10 Å². The second-order valence-electron chi connectivity index (χ2n) is 7.67. The second-order valence-corrected chi connectivity index (χ2v) is 8.44. The van der Waals surface area contributed by atoms with Crippen LogP contribution in [0.4, 0.5) is 5.69 Å². The van der Waals surface area contributed by atoms with Crippen molar-refractivity contribution >= 4 is 29.1 Å². The highest BCUT2D eigenvalue weighted by Gasteiger charge is 2.22. The Morgan fingerprint density at radius 1 is 1.10 bits per heavy atom. The number of nitrogens with zero attached hydrogens (tertiary/aromatic N) is 6. The predicted octanol–water partition coefficient (Wildman–Crippen LogP) is 2.75. The monoisotopic (exact) mass is 440 g/mol. The van der Waals surface area contributed by atoms with Gasteiger partial charge in [0, 0.05) is 48.8 Å². The third-order valence-electron chi connectivity index (χ3n) is 5.83. The third-order valence-corrected chi connectivity index (χ3v) is 6.36. The number of benzene rings is 1. The number of anilines is 1. The molecule has 1 saturated heterocycles. The molecule has 0 bridgehead atoms. The zero-order valence-electron chi connectivity index (χ0n) is 18.5. The van der Waals surface area contributed by atoms with Crippen LogP contribution in [-0.2, 0) is 11.2 Å². The molecule has 8 nitrogen and oxygen atoms in total. The first-order valence-corrected chi connectivity index (χ1v) is 11.7. The Kier molecular flexibility index (Phi) is 6.31. The molecule has 1 fully saturated rings. The lowest BCUT2D eigenvalue weighted by molar-refractivity contribution is -0.130. The molecule has 0 unspecified atom stereocenters. The van der Waals surface area contributed by atoms with Crippen molar-refractivity contribution in [3.05, 3.63) is 41.2 Å². The Hall–Kier alpha value is -2.81. The first-order chi connectivity index (χ1) is 15.0. The molecule has 0 spiro atoms. The average molecular weight is 441 g/mol. The summed E-state index contributed by atoms with van der Waals surface area (Å²) >= 11 is 1.48. The van der Waals surface area contributed by atoms with E-state index in [0.29, 0.717) is 23.9 Å². The number of carbonyl (C=O) groups is 1. The molecule has 1 amide bonds. The van der Waals surface area contributed by atoms with Crippen LogP contribution < -0.4 is 9.64 Å². The largest absolute Gasteiger partial charge is 0.497 e. The minimum atomic E-state index is 0.133. The molecule has 3 heterocycles. The van der Waals surface area contributed by atoms with Crippen LogP contribution in [0.15, 0.2) is 29.4 Å². The van der Waals surface area contributed by atoms with Crippen LogP contribution in [0.5, 0.6) is 5.75 Å². The van der Waals surface area contributed by atoms with Crippen LogP contribution in [-0.4, -0.2) is 69.9 Å². The molecule has 1 aliphatic rings. The van der Waals surface area contributed by atoms with Gasteiger partial charge < -0.3 is 14.5 Å². The van der Waals surface area contributed by atoms with E-state index in [9.17, 15) is 4.79 Å². The third kappa shape index (κ3) is 4.46. The standard InChI is InChI=1S/C22H28N6O2S/c1-15-19(16(2)28-21(23-15)24-22(25-28)31-4)14-20(29)27-11-5-10-26(12-13-27)17-6-8-18(30-3)9-7-17/h6-9H,5,10-14H2,1-4H3. The molecule has 0 atom stereocenters.